The third-order valence-corrected chi connectivity index (χ3v) is 2.90. The Morgan fingerprint density at radius 3 is 2.59 bits per heavy atom. The summed E-state index contributed by atoms with van der Waals surface area (Å²) in [5.41, 5.74) is 0.838. The van der Waals surface area contributed by atoms with Crippen LogP contribution in [0.25, 0.3) is 10.8 Å². The summed E-state index contributed by atoms with van der Waals surface area (Å²) in [4.78, 5) is 0.833. The molecule has 0 atom stereocenters. The van der Waals surface area contributed by atoms with Crippen LogP contribution in [-0.4, -0.2) is 25.3 Å². The first-order valence-electron chi connectivity index (χ1n) is 5.32. The van der Waals surface area contributed by atoms with Crippen LogP contribution in [0, 0.1) is 6.92 Å². The fourth-order valence-corrected chi connectivity index (χ4v) is 1.76. The second-order valence-corrected chi connectivity index (χ2v) is 5.55. The van der Waals surface area contributed by atoms with Gasteiger partial charge in [-0.25, -0.2) is 0 Å². The van der Waals surface area contributed by atoms with Crippen LogP contribution in [0.2, 0.25) is 0 Å². The van der Waals surface area contributed by atoms with Crippen molar-refractivity contribution >= 4 is 11.5 Å². The van der Waals surface area contributed by atoms with Crippen molar-refractivity contribution in [3.05, 3.63) is 11.6 Å². The van der Waals surface area contributed by atoms with Crippen LogP contribution in [-0.2, 0) is 6.54 Å². The zero-order chi connectivity index (χ0) is 12.5. The first kappa shape index (κ1) is 12.1. The van der Waals surface area contributed by atoms with Crippen molar-refractivity contribution in [3.8, 4) is 10.8 Å². The molecule has 0 aromatic carbocycles. The summed E-state index contributed by atoms with van der Waals surface area (Å²) in [6.07, 6.45) is 0. The van der Waals surface area contributed by atoms with Gasteiger partial charge in [-0.1, -0.05) is 4.49 Å². The van der Waals surface area contributed by atoms with Crippen molar-refractivity contribution in [1.29, 1.82) is 0 Å². The smallest absolute Gasteiger partial charge is 0.261 e. The molecule has 92 valence electrons. The van der Waals surface area contributed by atoms with E-state index in [0.717, 1.165) is 10.6 Å². The lowest BCUT2D eigenvalue weighted by molar-refractivity contribution is 0.384. The number of rotatable bonds is 3. The minimum Gasteiger partial charge on any atom is -0.418 e. The summed E-state index contributed by atoms with van der Waals surface area (Å²) in [5.74, 6) is 1.06. The van der Waals surface area contributed by atoms with E-state index >= 15 is 0 Å². The number of nitrogens with zero attached hydrogens (tertiary/aromatic N) is 4. The molecule has 0 radical (unpaired) electrons. The van der Waals surface area contributed by atoms with E-state index in [4.69, 9.17) is 4.42 Å². The molecule has 0 aliphatic heterocycles. The molecule has 0 bridgehead atoms. The maximum Gasteiger partial charge on any atom is 0.261 e. The van der Waals surface area contributed by atoms with E-state index in [2.05, 4.69) is 45.9 Å². The lowest BCUT2D eigenvalue weighted by Crippen LogP contribution is -2.35. The summed E-state index contributed by atoms with van der Waals surface area (Å²) in [6.45, 7) is 8.68. The molecule has 0 fully saturated rings. The molecule has 0 aliphatic rings. The summed E-state index contributed by atoms with van der Waals surface area (Å²) < 4.78 is 9.39. The fraction of sp³-hybridized carbons (Fsp3) is 0.600. The SMILES string of the molecule is Cc1nnsc1-c1nnc(CNC(C)(C)C)o1. The van der Waals surface area contributed by atoms with Gasteiger partial charge in [-0.15, -0.1) is 15.3 Å². The summed E-state index contributed by atoms with van der Waals surface area (Å²) in [7, 11) is 0. The van der Waals surface area contributed by atoms with Gasteiger partial charge in [0.25, 0.3) is 5.89 Å². The van der Waals surface area contributed by atoms with Crippen LogP contribution >= 0.6 is 11.5 Å². The van der Waals surface area contributed by atoms with Crippen molar-refractivity contribution in [2.24, 2.45) is 0 Å². The van der Waals surface area contributed by atoms with Gasteiger partial charge in [0.2, 0.25) is 5.89 Å². The lowest BCUT2D eigenvalue weighted by Gasteiger charge is -2.18. The first-order valence-corrected chi connectivity index (χ1v) is 6.10. The molecule has 2 rings (SSSR count). The molecule has 17 heavy (non-hydrogen) atoms. The Morgan fingerprint density at radius 1 is 1.24 bits per heavy atom. The van der Waals surface area contributed by atoms with E-state index < -0.39 is 0 Å². The van der Waals surface area contributed by atoms with Gasteiger partial charge in [0.05, 0.1) is 12.2 Å². The predicted octanol–water partition coefficient (Wildman–Crippen LogP) is 1.78. The average molecular weight is 253 g/mol. The Morgan fingerprint density at radius 2 is 2.00 bits per heavy atom. The summed E-state index contributed by atoms with van der Waals surface area (Å²) in [6, 6.07) is 0. The maximum absolute atomic E-state index is 5.55. The topological polar surface area (TPSA) is 76.7 Å². The van der Waals surface area contributed by atoms with Gasteiger partial charge >= 0.3 is 0 Å². The van der Waals surface area contributed by atoms with Gasteiger partial charge in [-0.3, -0.25) is 0 Å². The highest BCUT2D eigenvalue weighted by atomic mass is 32.1. The summed E-state index contributed by atoms with van der Waals surface area (Å²) >= 11 is 1.26. The van der Waals surface area contributed by atoms with Gasteiger partial charge in [0.1, 0.15) is 4.88 Å². The second-order valence-electron chi connectivity index (χ2n) is 4.79. The molecule has 0 spiro atoms. The molecule has 2 aromatic heterocycles. The van der Waals surface area contributed by atoms with Crippen LogP contribution in [0.5, 0.6) is 0 Å². The van der Waals surface area contributed by atoms with E-state index in [1.54, 1.807) is 0 Å². The average Bonchev–Trinajstić information content (AvgIpc) is 2.81. The Balaban J connectivity index is 2.09. The molecular weight excluding hydrogens is 238 g/mol. The highest BCUT2D eigenvalue weighted by Gasteiger charge is 2.15. The first-order chi connectivity index (χ1) is 7.96. The Bertz CT molecular complexity index is 499. The number of nitrogens with one attached hydrogen (secondary N) is 1. The molecule has 6 nitrogen and oxygen atoms in total. The molecule has 0 saturated heterocycles. The van der Waals surface area contributed by atoms with Crippen molar-refractivity contribution in [2.45, 2.75) is 39.8 Å². The third-order valence-electron chi connectivity index (χ3n) is 2.08. The molecule has 0 unspecified atom stereocenters. The van der Waals surface area contributed by atoms with Crippen LogP contribution in [0.4, 0.5) is 0 Å². The minimum absolute atomic E-state index is 0.0244. The standard InChI is InChI=1S/C10H15N5OS/c1-6-8(17-15-12-6)9-14-13-7(16-9)5-11-10(2,3)4/h11H,5H2,1-4H3. The van der Waals surface area contributed by atoms with E-state index in [9.17, 15) is 0 Å². The fourth-order valence-electron chi connectivity index (χ4n) is 1.19. The Labute approximate surface area is 104 Å². The minimum atomic E-state index is 0.0244. The molecule has 7 heteroatoms. The monoisotopic (exact) mass is 253 g/mol. The summed E-state index contributed by atoms with van der Waals surface area (Å²) in [5, 5.41) is 15.2. The van der Waals surface area contributed by atoms with Crippen molar-refractivity contribution < 1.29 is 4.42 Å². The molecular formula is C10H15N5OS. The van der Waals surface area contributed by atoms with Crippen LogP contribution in [0.1, 0.15) is 32.4 Å². The number of hydrogen-bond donors (Lipinski definition) is 1. The molecule has 2 aromatic rings. The van der Waals surface area contributed by atoms with Gasteiger partial charge in [0.15, 0.2) is 0 Å². The highest BCUT2D eigenvalue weighted by Crippen LogP contribution is 2.23. The van der Waals surface area contributed by atoms with E-state index in [1.807, 2.05) is 6.92 Å². The quantitative estimate of drug-likeness (QED) is 0.898. The lowest BCUT2D eigenvalue weighted by atomic mass is 10.1. The maximum atomic E-state index is 5.55. The van der Waals surface area contributed by atoms with Crippen LogP contribution < -0.4 is 5.32 Å². The largest absolute Gasteiger partial charge is 0.418 e. The second kappa shape index (κ2) is 4.50. The normalized spacial score (nSPS) is 12.0. The van der Waals surface area contributed by atoms with Gasteiger partial charge in [-0.05, 0) is 39.2 Å². The number of aryl methyl sites for hydroxylation is 1. The van der Waals surface area contributed by atoms with Crippen molar-refractivity contribution in [2.75, 3.05) is 0 Å². The molecule has 0 aliphatic carbocycles. The van der Waals surface area contributed by atoms with Crippen LogP contribution in [0.15, 0.2) is 4.42 Å². The van der Waals surface area contributed by atoms with Gasteiger partial charge in [-0.2, -0.15) is 0 Å². The third kappa shape index (κ3) is 3.07. The number of hydrogen-bond acceptors (Lipinski definition) is 7. The zero-order valence-electron chi connectivity index (χ0n) is 10.3. The molecule has 0 saturated carbocycles. The Kier molecular flexibility index (Phi) is 3.21. The Hall–Kier alpha value is -1.34. The van der Waals surface area contributed by atoms with Crippen LogP contribution in [0.3, 0.4) is 0 Å². The zero-order valence-corrected chi connectivity index (χ0v) is 11.1. The molecule has 2 heterocycles. The van der Waals surface area contributed by atoms with Gasteiger partial charge < -0.3 is 9.73 Å². The van der Waals surface area contributed by atoms with Crippen molar-refractivity contribution in [3.63, 3.8) is 0 Å². The number of aromatic nitrogens is 4. The molecule has 1 N–H and O–H groups in total. The highest BCUT2D eigenvalue weighted by molar-refractivity contribution is 7.09. The molecule has 0 amide bonds. The van der Waals surface area contributed by atoms with E-state index in [0.29, 0.717) is 18.3 Å². The van der Waals surface area contributed by atoms with E-state index in [1.165, 1.54) is 11.5 Å². The van der Waals surface area contributed by atoms with Crippen molar-refractivity contribution in [1.82, 2.24) is 25.1 Å². The van der Waals surface area contributed by atoms with E-state index in [-0.39, 0.29) is 5.54 Å². The predicted molar refractivity (Wildman–Crippen MR) is 64.5 cm³/mol. The van der Waals surface area contributed by atoms with Gasteiger partial charge in [0, 0.05) is 5.54 Å².